The van der Waals surface area contributed by atoms with Crippen molar-refractivity contribution in [2.45, 2.75) is 6.92 Å². The maximum atomic E-state index is 11.0. The van der Waals surface area contributed by atoms with Gasteiger partial charge in [0.05, 0.1) is 24.5 Å². The van der Waals surface area contributed by atoms with E-state index in [2.05, 4.69) is 0 Å². The lowest BCUT2D eigenvalue weighted by molar-refractivity contribution is -0.189. The average molecular weight is 200 g/mol. The first-order valence-corrected chi connectivity index (χ1v) is 4.53. The van der Waals surface area contributed by atoms with Gasteiger partial charge in [0.2, 0.25) is 0 Å². The van der Waals surface area contributed by atoms with Crippen molar-refractivity contribution in [3.63, 3.8) is 0 Å². The van der Waals surface area contributed by atoms with E-state index < -0.39 is 23.3 Å². The predicted molar refractivity (Wildman–Crippen MR) is 44.7 cm³/mol. The van der Waals surface area contributed by atoms with Crippen LogP contribution in [0.25, 0.3) is 0 Å². The summed E-state index contributed by atoms with van der Waals surface area (Å²) in [6, 6.07) is 0. The molecule has 2 aliphatic rings. The summed E-state index contributed by atoms with van der Waals surface area (Å²) in [5.41, 5.74) is -1.15. The molecule has 5 nitrogen and oxygen atoms in total. The molecule has 1 saturated heterocycles. The summed E-state index contributed by atoms with van der Waals surface area (Å²) >= 11 is 0. The molecule has 0 aromatic rings. The Kier molecular flexibility index (Phi) is 1.82. The van der Waals surface area contributed by atoms with Crippen molar-refractivity contribution in [2.24, 2.45) is 23.2 Å². The van der Waals surface area contributed by atoms with Crippen LogP contribution in [0.2, 0.25) is 0 Å². The zero-order valence-corrected chi connectivity index (χ0v) is 7.77. The van der Waals surface area contributed by atoms with Crippen molar-refractivity contribution < 1.29 is 24.5 Å². The fraction of sp³-hybridized carbons (Fsp3) is 0.778. The largest absolute Gasteiger partial charge is 0.481 e. The van der Waals surface area contributed by atoms with Gasteiger partial charge in [-0.1, -0.05) is 0 Å². The molecule has 2 rings (SSSR count). The molecule has 14 heavy (non-hydrogen) atoms. The van der Waals surface area contributed by atoms with E-state index in [9.17, 15) is 9.59 Å². The van der Waals surface area contributed by atoms with Crippen molar-refractivity contribution in [3.05, 3.63) is 0 Å². The number of carbonyl (C=O) groups is 2. The lowest BCUT2D eigenvalue weighted by Crippen LogP contribution is -2.61. The smallest absolute Gasteiger partial charge is 0.310 e. The highest BCUT2D eigenvalue weighted by atomic mass is 16.5. The molecule has 78 valence electrons. The Morgan fingerprint density at radius 2 is 2.00 bits per heavy atom. The zero-order valence-electron chi connectivity index (χ0n) is 7.77. The van der Waals surface area contributed by atoms with Gasteiger partial charge in [0.1, 0.15) is 0 Å². The van der Waals surface area contributed by atoms with E-state index in [1.807, 2.05) is 0 Å². The number of hydrogen-bond donors (Lipinski definition) is 2. The second-order valence-corrected chi connectivity index (χ2v) is 4.21. The molecule has 0 spiro atoms. The van der Waals surface area contributed by atoms with Crippen LogP contribution in [0.15, 0.2) is 0 Å². The van der Waals surface area contributed by atoms with E-state index in [1.165, 1.54) is 6.92 Å². The summed E-state index contributed by atoms with van der Waals surface area (Å²) in [4.78, 5) is 22.0. The molecule has 0 radical (unpaired) electrons. The van der Waals surface area contributed by atoms with Crippen LogP contribution in [0, 0.1) is 23.2 Å². The van der Waals surface area contributed by atoms with Crippen molar-refractivity contribution >= 4 is 11.9 Å². The van der Waals surface area contributed by atoms with Gasteiger partial charge in [-0.3, -0.25) is 9.59 Å². The van der Waals surface area contributed by atoms with Crippen LogP contribution >= 0.6 is 0 Å². The van der Waals surface area contributed by atoms with E-state index in [-0.39, 0.29) is 11.8 Å². The molecule has 2 fully saturated rings. The molecule has 5 heteroatoms. The average Bonchev–Trinajstić information content (AvgIpc) is 2.46. The number of ether oxygens (including phenoxy) is 1. The normalized spacial score (nSPS) is 45.4. The minimum Gasteiger partial charge on any atom is -0.481 e. The van der Waals surface area contributed by atoms with Crippen molar-refractivity contribution in [3.8, 4) is 0 Å². The van der Waals surface area contributed by atoms with Gasteiger partial charge in [0, 0.05) is 11.8 Å². The third-order valence-electron chi connectivity index (χ3n) is 3.70. The minimum atomic E-state index is -1.15. The predicted octanol–water partition coefficient (Wildman–Crippen LogP) is 0.0543. The van der Waals surface area contributed by atoms with E-state index >= 15 is 0 Å². The number of fused-ring (bicyclic) bond motifs is 1. The summed E-state index contributed by atoms with van der Waals surface area (Å²) in [5, 5.41) is 18.0. The van der Waals surface area contributed by atoms with E-state index in [0.29, 0.717) is 13.2 Å². The van der Waals surface area contributed by atoms with Crippen LogP contribution < -0.4 is 0 Å². The molecule has 0 unspecified atom stereocenters. The van der Waals surface area contributed by atoms with E-state index in [4.69, 9.17) is 14.9 Å². The van der Waals surface area contributed by atoms with Gasteiger partial charge < -0.3 is 14.9 Å². The first kappa shape index (κ1) is 9.45. The van der Waals surface area contributed by atoms with Gasteiger partial charge in [-0.15, -0.1) is 0 Å². The van der Waals surface area contributed by atoms with Crippen molar-refractivity contribution in [1.29, 1.82) is 0 Å². The summed E-state index contributed by atoms with van der Waals surface area (Å²) in [6.45, 7) is 2.26. The molecule has 0 aromatic carbocycles. The highest BCUT2D eigenvalue weighted by Gasteiger charge is 2.68. The summed E-state index contributed by atoms with van der Waals surface area (Å²) in [6.07, 6.45) is 0. The molecular weight excluding hydrogens is 188 g/mol. The molecule has 0 aromatic heterocycles. The molecule has 0 bridgehead atoms. The number of carboxylic acids is 2. The zero-order chi connectivity index (χ0) is 10.5. The first-order chi connectivity index (χ1) is 6.49. The second-order valence-electron chi connectivity index (χ2n) is 4.21. The van der Waals surface area contributed by atoms with Gasteiger partial charge >= 0.3 is 11.9 Å². The summed E-state index contributed by atoms with van der Waals surface area (Å²) in [7, 11) is 0. The molecule has 0 amide bonds. The van der Waals surface area contributed by atoms with Gasteiger partial charge in [-0.05, 0) is 6.92 Å². The third-order valence-corrected chi connectivity index (χ3v) is 3.70. The topological polar surface area (TPSA) is 83.8 Å². The Morgan fingerprint density at radius 1 is 1.36 bits per heavy atom. The van der Waals surface area contributed by atoms with Crippen LogP contribution in [0.5, 0.6) is 0 Å². The van der Waals surface area contributed by atoms with Crippen LogP contribution in [-0.2, 0) is 14.3 Å². The van der Waals surface area contributed by atoms with Crippen molar-refractivity contribution in [1.82, 2.24) is 0 Å². The minimum absolute atomic E-state index is 0.117. The molecule has 1 saturated carbocycles. The Balaban J connectivity index is 2.31. The molecule has 1 heterocycles. The maximum Gasteiger partial charge on any atom is 0.310 e. The highest BCUT2D eigenvalue weighted by Crippen LogP contribution is 2.58. The SMILES string of the molecule is C[C@]1(C(=O)O)[C@@H]2COC[C@@H]2[C@H]1C(=O)O. The number of rotatable bonds is 2. The first-order valence-electron chi connectivity index (χ1n) is 4.53. The summed E-state index contributed by atoms with van der Waals surface area (Å²) in [5.74, 6) is -3.11. The number of aliphatic carboxylic acids is 2. The van der Waals surface area contributed by atoms with Crippen LogP contribution in [0.3, 0.4) is 0 Å². The Bertz CT molecular complexity index is 300. The molecule has 1 aliphatic carbocycles. The second kappa shape index (κ2) is 2.70. The molecule has 4 atom stereocenters. The van der Waals surface area contributed by atoms with Crippen LogP contribution in [0.1, 0.15) is 6.92 Å². The van der Waals surface area contributed by atoms with E-state index in [0.717, 1.165) is 0 Å². The molecule has 1 aliphatic heterocycles. The van der Waals surface area contributed by atoms with E-state index in [1.54, 1.807) is 0 Å². The van der Waals surface area contributed by atoms with Gasteiger partial charge in [-0.25, -0.2) is 0 Å². The Hall–Kier alpha value is -1.10. The lowest BCUT2D eigenvalue weighted by Gasteiger charge is -2.51. The Morgan fingerprint density at radius 3 is 2.50 bits per heavy atom. The van der Waals surface area contributed by atoms with Crippen LogP contribution in [0.4, 0.5) is 0 Å². The third kappa shape index (κ3) is 0.877. The Labute approximate surface area is 80.7 Å². The van der Waals surface area contributed by atoms with Crippen LogP contribution in [-0.4, -0.2) is 35.4 Å². The summed E-state index contributed by atoms with van der Waals surface area (Å²) < 4.78 is 5.13. The highest BCUT2D eigenvalue weighted by molar-refractivity contribution is 5.86. The maximum absolute atomic E-state index is 11.0. The number of hydrogen-bond acceptors (Lipinski definition) is 3. The standard InChI is InChI=1S/C9H12O5/c1-9(8(12)13)5-3-14-2-4(5)6(9)7(10)11/h4-6H,2-3H2,1H3,(H,10,11)(H,12,13)/t4-,5+,6-,9-/m0/s1. The van der Waals surface area contributed by atoms with Crippen molar-refractivity contribution in [2.75, 3.05) is 13.2 Å². The monoisotopic (exact) mass is 200 g/mol. The fourth-order valence-corrected chi connectivity index (χ4v) is 2.81. The molecule has 2 N–H and O–H groups in total. The van der Waals surface area contributed by atoms with Gasteiger partial charge in [0.25, 0.3) is 0 Å². The fourth-order valence-electron chi connectivity index (χ4n) is 2.81. The van der Waals surface area contributed by atoms with Gasteiger partial charge in [0.15, 0.2) is 0 Å². The quantitative estimate of drug-likeness (QED) is 0.658. The van der Waals surface area contributed by atoms with Gasteiger partial charge in [-0.2, -0.15) is 0 Å². The lowest BCUT2D eigenvalue weighted by atomic mass is 9.48. The molecular formula is C9H12O5. The number of carboxylic acid groups (broad SMARTS) is 2.